The molecule has 0 aromatic rings. The number of hydrogen-bond acceptors (Lipinski definition) is 4. The Kier molecular flexibility index (Phi) is 6.48. The summed E-state index contributed by atoms with van der Waals surface area (Å²) in [6.07, 6.45) is -3.48. The first kappa shape index (κ1) is 21.3. The minimum absolute atomic E-state index is 0.0766. The van der Waals surface area contributed by atoms with Gasteiger partial charge in [0, 0.05) is 32.7 Å². The second kappa shape index (κ2) is 7.92. The Morgan fingerprint density at radius 2 is 2.00 bits per heavy atom. The Labute approximate surface area is 153 Å². The molecule has 1 N–H and O–H groups in total. The monoisotopic (exact) mass is 398 g/mol. The normalized spacial score (nSPS) is 26.9. The lowest BCUT2D eigenvalue weighted by Gasteiger charge is -2.39. The van der Waals surface area contributed by atoms with Crippen molar-refractivity contribution in [1.82, 2.24) is 15.1 Å². The highest BCUT2D eigenvalue weighted by Gasteiger charge is 2.41. The number of halogens is 3. The molecule has 0 aromatic carbocycles. The van der Waals surface area contributed by atoms with E-state index in [1.165, 1.54) is 4.90 Å². The van der Waals surface area contributed by atoms with Gasteiger partial charge in [0.05, 0.1) is 17.0 Å². The fraction of sp³-hybridized carbons (Fsp3) is 0.938. The molecule has 0 aliphatic carbocycles. The number of hydrogen-bond donors (Lipinski definition) is 1. The molecule has 2 fully saturated rings. The van der Waals surface area contributed by atoms with E-state index in [1.54, 1.807) is 13.8 Å². The fourth-order valence-corrected chi connectivity index (χ4v) is 4.79. The third-order valence-corrected chi connectivity index (χ3v) is 7.48. The molecule has 0 radical (unpaired) electrons. The zero-order chi connectivity index (χ0) is 19.6. The van der Waals surface area contributed by atoms with Crippen molar-refractivity contribution in [3.63, 3.8) is 0 Å². The van der Waals surface area contributed by atoms with Crippen molar-refractivity contribution < 1.29 is 21.6 Å². The van der Waals surface area contributed by atoms with Gasteiger partial charge in [0.1, 0.15) is 0 Å². The molecule has 1 unspecified atom stereocenters. The van der Waals surface area contributed by atoms with Gasteiger partial charge in [0.2, 0.25) is 0 Å². The van der Waals surface area contributed by atoms with Gasteiger partial charge in [-0.25, -0.2) is 8.42 Å². The van der Waals surface area contributed by atoms with Crippen molar-refractivity contribution in [2.45, 2.75) is 38.1 Å². The second-order valence-corrected chi connectivity index (χ2v) is 10.4. The fourth-order valence-electron chi connectivity index (χ4n) is 3.42. The predicted octanol–water partition coefficient (Wildman–Crippen LogP) is 1.35. The molecule has 2 heterocycles. The van der Waals surface area contributed by atoms with E-state index in [-0.39, 0.29) is 11.7 Å². The van der Waals surface area contributed by atoms with Crippen LogP contribution in [0.15, 0.2) is 4.99 Å². The van der Waals surface area contributed by atoms with Crippen LogP contribution in [0.1, 0.15) is 27.2 Å². The van der Waals surface area contributed by atoms with Gasteiger partial charge in [-0.3, -0.25) is 9.89 Å². The number of likely N-dealkylation sites (tertiary alicyclic amines) is 1. The molecule has 2 aliphatic heterocycles. The third kappa shape index (κ3) is 5.48. The number of sulfone groups is 1. The Balaban J connectivity index is 1.98. The molecular formula is C16H29F3N4O2S. The van der Waals surface area contributed by atoms with Gasteiger partial charge >= 0.3 is 6.18 Å². The van der Waals surface area contributed by atoms with E-state index >= 15 is 0 Å². The van der Waals surface area contributed by atoms with Gasteiger partial charge in [-0.05, 0) is 39.7 Å². The van der Waals surface area contributed by atoms with E-state index in [2.05, 4.69) is 10.3 Å². The standard InChI is InChI=1S/C16H29F3N4O2S/c1-4-20-14(23-7-8-26(24,25)15(2,3)11-23)21-9-13-5-6-22(10-13)12-16(17,18)19/h13H,4-12H2,1-3H3,(H,20,21). The smallest absolute Gasteiger partial charge is 0.357 e. The lowest BCUT2D eigenvalue weighted by atomic mass is 10.1. The van der Waals surface area contributed by atoms with Crippen LogP contribution in [0.25, 0.3) is 0 Å². The molecule has 0 spiro atoms. The van der Waals surface area contributed by atoms with Crippen LogP contribution in [0.2, 0.25) is 0 Å². The molecule has 26 heavy (non-hydrogen) atoms. The molecule has 6 nitrogen and oxygen atoms in total. The third-order valence-electron chi connectivity index (χ3n) is 4.95. The Morgan fingerprint density at radius 3 is 2.58 bits per heavy atom. The van der Waals surface area contributed by atoms with Crippen molar-refractivity contribution in [2.75, 3.05) is 51.6 Å². The van der Waals surface area contributed by atoms with Crippen LogP contribution in [0.5, 0.6) is 0 Å². The molecule has 1 atom stereocenters. The largest absolute Gasteiger partial charge is 0.401 e. The molecule has 0 bridgehead atoms. The summed E-state index contributed by atoms with van der Waals surface area (Å²) < 4.78 is 61.0. The molecule has 10 heteroatoms. The van der Waals surface area contributed by atoms with Gasteiger partial charge in [-0.2, -0.15) is 13.2 Å². The number of nitrogens with one attached hydrogen (secondary N) is 1. The van der Waals surface area contributed by atoms with Gasteiger partial charge in [-0.1, -0.05) is 0 Å². The highest BCUT2D eigenvalue weighted by molar-refractivity contribution is 7.92. The Bertz CT molecular complexity index is 619. The van der Waals surface area contributed by atoms with Crippen molar-refractivity contribution in [2.24, 2.45) is 10.9 Å². The minimum Gasteiger partial charge on any atom is -0.357 e. The molecule has 152 valence electrons. The maximum Gasteiger partial charge on any atom is 0.401 e. The SMILES string of the molecule is CCNC(=NCC1CCN(CC(F)(F)F)C1)N1CCS(=O)(=O)C(C)(C)C1. The van der Waals surface area contributed by atoms with E-state index in [0.29, 0.717) is 51.6 Å². The van der Waals surface area contributed by atoms with Crippen LogP contribution >= 0.6 is 0 Å². The Morgan fingerprint density at radius 1 is 1.31 bits per heavy atom. The average molecular weight is 398 g/mol. The molecule has 2 aliphatic rings. The van der Waals surface area contributed by atoms with E-state index in [1.807, 2.05) is 11.8 Å². The summed E-state index contributed by atoms with van der Waals surface area (Å²) >= 11 is 0. The Hall–Kier alpha value is -1.03. The summed E-state index contributed by atoms with van der Waals surface area (Å²) in [6, 6.07) is 0. The lowest BCUT2D eigenvalue weighted by molar-refractivity contribution is -0.143. The maximum atomic E-state index is 12.5. The highest BCUT2D eigenvalue weighted by Crippen LogP contribution is 2.25. The summed E-state index contributed by atoms with van der Waals surface area (Å²) in [5.41, 5.74) is 0. The summed E-state index contributed by atoms with van der Waals surface area (Å²) in [5, 5.41) is 3.18. The van der Waals surface area contributed by atoms with Crippen LogP contribution in [0.4, 0.5) is 13.2 Å². The highest BCUT2D eigenvalue weighted by atomic mass is 32.2. The molecule has 0 saturated carbocycles. The van der Waals surface area contributed by atoms with Crippen molar-refractivity contribution in [3.8, 4) is 0 Å². The van der Waals surface area contributed by atoms with Crippen molar-refractivity contribution in [1.29, 1.82) is 0 Å². The van der Waals surface area contributed by atoms with Crippen molar-refractivity contribution >= 4 is 15.8 Å². The predicted molar refractivity (Wildman–Crippen MR) is 96.0 cm³/mol. The zero-order valence-electron chi connectivity index (χ0n) is 15.6. The molecular weight excluding hydrogens is 369 g/mol. The molecule has 0 aromatic heterocycles. The zero-order valence-corrected chi connectivity index (χ0v) is 16.5. The summed E-state index contributed by atoms with van der Waals surface area (Å²) in [7, 11) is -3.14. The van der Waals surface area contributed by atoms with Gasteiger partial charge < -0.3 is 10.2 Å². The second-order valence-electron chi connectivity index (χ2n) is 7.70. The molecule has 2 rings (SSSR count). The van der Waals surface area contributed by atoms with Crippen LogP contribution in [0.3, 0.4) is 0 Å². The molecule has 0 amide bonds. The van der Waals surface area contributed by atoms with E-state index in [4.69, 9.17) is 0 Å². The van der Waals surface area contributed by atoms with E-state index < -0.39 is 27.3 Å². The molecule has 2 saturated heterocycles. The maximum absolute atomic E-state index is 12.5. The van der Waals surface area contributed by atoms with Gasteiger partial charge in [0.15, 0.2) is 15.8 Å². The first-order valence-corrected chi connectivity index (χ1v) is 10.6. The number of aliphatic imine (C=N–C) groups is 1. The first-order valence-electron chi connectivity index (χ1n) is 8.98. The number of rotatable bonds is 4. The van der Waals surface area contributed by atoms with Crippen LogP contribution in [0, 0.1) is 5.92 Å². The number of nitrogens with zero attached hydrogens (tertiary/aromatic N) is 3. The average Bonchev–Trinajstić information content (AvgIpc) is 2.92. The number of alkyl halides is 3. The number of guanidine groups is 1. The van der Waals surface area contributed by atoms with Gasteiger partial charge in [0.25, 0.3) is 0 Å². The summed E-state index contributed by atoms with van der Waals surface area (Å²) in [6.45, 7) is 7.14. The van der Waals surface area contributed by atoms with E-state index in [9.17, 15) is 21.6 Å². The lowest BCUT2D eigenvalue weighted by Crippen LogP contribution is -2.57. The van der Waals surface area contributed by atoms with E-state index in [0.717, 1.165) is 0 Å². The van der Waals surface area contributed by atoms with Crippen LogP contribution < -0.4 is 5.32 Å². The topological polar surface area (TPSA) is 65.0 Å². The van der Waals surface area contributed by atoms with Crippen LogP contribution in [-0.2, 0) is 9.84 Å². The summed E-state index contributed by atoms with van der Waals surface area (Å²) in [5.74, 6) is 0.810. The minimum atomic E-state index is -4.17. The first-order chi connectivity index (χ1) is 11.9. The van der Waals surface area contributed by atoms with Gasteiger partial charge in [-0.15, -0.1) is 0 Å². The summed E-state index contributed by atoms with van der Waals surface area (Å²) in [4.78, 5) is 7.95. The van der Waals surface area contributed by atoms with Crippen LogP contribution in [-0.4, -0.2) is 86.7 Å². The quantitative estimate of drug-likeness (QED) is 0.572. The van der Waals surface area contributed by atoms with Crippen molar-refractivity contribution in [3.05, 3.63) is 0 Å².